The quantitative estimate of drug-likeness (QED) is 0.232. The van der Waals surface area contributed by atoms with Gasteiger partial charge >= 0.3 is 6.36 Å². The summed E-state index contributed by atoms with van der Waals surface area (Å²) in [4.78, 5) is 22.0. The first-order valence-electron chi connectivity index (χ1n) is 13.7. The van der Waals surface area contributed by atoms with E-state index in [9.17, 15) is 23.3 Å². The van der Waals surface area contributed by atoms with Gasteiger partial charge in [0.1, 0.15) is 5.75 Å². The molecule has 1 aromatic heterocycles. The number of piperidine rings is 1. The number of benzene rings is 2. The summed E-state index contributed by atoms with van der Waals surface area (Å²) < 4.78 is 41.4. The monoisotopic (exact) mass is 555 g/mol. The van der Waals surface area contributed by atoms with Gasteiger partial charge < -0.3 is 15.0 Å². The van der Waals surface area contributed by atoms with Crippen LogP contribution >= 0.6 is 0 Å². The van der Waals surface area contributed by atoms with E-state index in [1.165, 1.54) is 18.6 Å². The number of halogens is 3. The van der Waals surface area contributed by atoms with Crippen LogP contribution in [-0.2, 0) is 0 Å². The van der Waals surface area contributed by atoms with Crippen LogP contribution < -0.4 is 15.0 Å². The SMILES string of the molecule is O=[N+]([O-])c1ccc(N2CCC[C@H](C[C@@H]3CCCC[C@H]3Nc3nccc(-c4ccc(OC(F)(F)F)cc4)n3)C2)cc1. The smallest absolute Gasteiger partial charge is 0.406 e. The maximum absolute atomic E-state index is 12.5. The largest absolute Gasteiger partial charge is 0.573 e. The lowest BCUT2D eigenvalue weighted by molar-refractivity contribution is -0.384. The number of anilines is 2. The molecule has 2 heterocycles. The third kappa shape index (κ3) is 7.19. The van der Waals surface area contributed by atoms with Crippen LogP contribution in [0.15, 0.2) is 60.8 Å². The maximum Gasteiger partial charge on any atom is 0.573 e. The summed E-state index contributed by atoms with van der Waals surface area (Å²) in [6.07, 6.45) is 4.74. The van der Waals surface area contributed by atoms with Gasteiger partial charge in [0, 0.05) is 48.7 Å². The molecule has 1 saturated heterocycles. The number of rotatable bonds is 8. The van der Waals surface area contributed by atoms with Crippen molar-refractivity contribution in [2.45, 2.75) is 57.3 Å². The second-order valence-corrected chi connectivity index (χ2v) is 10.6. The Balaban J connectivity index is 1.22. The molecule has 0 unspecified atom stereocenters. The van der Waals surface area contributed by atoms with Gasteiger partial charge in [-0.1, -0.05) is 12.8 Å². The first-order valence-corrected chi connectivity index (χ1v) is 13.7. The number of hydrogen-bond donors (Lipinski definition) is 1. The first-order chi connectivity index (χ1) is 19.2. The van der Waals surface area contributed by atoms with Gasteiger partial charge in [-0.15, -0.1) is 13.2 Å². The molecule has 3 aromatic rings. The van der Waals surface area contributed by atoms with Crippen LogP contribution in [0.1, 0.15) is 44.9 Å². The summed E-state index contributed by atoms with van der Waals surface area (Å²) in [5.41, 5.74) is 2.42. The average Bonchev–Trinajstić information content (AvgIpc) is 2.94. The minimum Gasteiger partial charge on any atom is -0.406 e. The van der Waals surface area contributed by atoms with Crippen LogP contribution in [0.3, 0.4) is 0 Å². The van der Waals surface area contributed by atoms with Gasteiger partial charge in [0.05, 0.1) is 10.6 Å². The van der Waals surface area contributed by atoms with E-state index in [0.29, 0.717) is 29.0 Å². The van der Waals surface area contributed by atoms with Crippen LogP contribution in [0.2, 0.25) is 0 Å². The number of non-ortho nitro benzene ring substituents is 1. The fraction of sp³-hybridized carbons (Fsp3) is 0.448. The Morgan fingerprint density at radius 1 is 1.00 bits per heavy atom. The number of aromatic nitrogens is 2. The molecule has 0 bridgehead atoms. The van der Waals surface area contributed by atoms with Crippen molar-refractivity contribution in [1.29, 1.82) is 0 Å². The zero-order valence-corrected chi connectivity index (χ0v) is 22.0. The summed E-state index contributed by atoms with van der Waals surface area (Å²) in [7, 11) is 0. The van der Waals surface area contributed by atoms with Gasteiger partial charge in [0.25, 0.3) is 5.69 Å². The number of nitrogens with zero attached hydrogens (tertiary/aromatic N) is 4. The number of nitro benzene ring substituents is 1. The minimum absolute atomic E-state index is 0.104. The number of nitrogens with one attached hydrogen (secondary N) is 1. The van der Waals surface area contributed by atoms with Crippen molar-refractivity contribution >= 4 is 17.3 Å². The Morgan fingerprint density at radius 2 is 1.75 bits per heavy atom. The van der Waals surface area contributed by atoms with E-state index in [0.717, 1.165) is 57.3 Å². The summed E-state index contributed by atoms with van der Waals surface area (Å²) in [6, 6.07) is 14.4. The van der Waals surface area contributed by atoms with Gasteiger partial charge in [-0.2, -0.15) is 0 Å². The minimum atomic E-state index is -4.73. The van der Waals surface area contributed by atoms with Crippen LogP contribution in [0.4, 0.5) is 30.5 Å². The van der Waals surface area contributed by atoms with Crippen molar-refractivity contribution in [3.05, 3.63) is 70.9 Å². The molecule has 0 spiro atoms. The van der Waals surface area contributed by atoms with Crippen molar-refractivity contribution in [3.8, 4) is 17.0 Å². The first kappa shape index (κ1) is 27.7. The molecule has 0 amide bonds. The van der Waals surface area contributed by atoms with Gasteiger partial charge in [-0.25, -0.2) is 9.97 Å². The number of hydrogen-bond acceptors (Lipinski definition) is 7. The molecule has 8 nitrogen and oxygen atoms in total. The van der Waals surface area contributed by atoms with Gasteiger partial charge in [-0.05, 0) is 86.4 Å². The molecule has 1 aliphatic heterocycles. The number of ether oxygens (including phenoxy) is 1. The molecule has 212 valence electrons. The molecule has 40 heavy (non-hydrogen) atoms. The summed E-state index contributed by atoms with van der Waals surface area (Å²) in [6.45, 7) is 1.88. The zero-order valence-electron chi connectivity index (χ0n) is 22.0. The summed E-state index contributed by atoms with van der Waals surface area (Å²) in [5.74, 6) is 1.24. The van der Waals surface area contributed by atoms with E-state index in [1.807, 2.05) is 12.1 Å². The maximum atomic E-state index is 12.5. The predicted molar refractivity (Wildman–Crippen MR) is 146 cm³/mol. The lowest BCUT2D eigenvalue weighted by atomic mass is 9.77. The molecule has 5 rings (SSSR count). The highest BCUT2D eigenvalue weighted by Crippen LogP contribution is 2.35. The molecule has 0 radical (unpaired) electrons. The third-order valence-corrected chi connectivity index (χ3v) is 7.84. The number of nitro groups is 1. The Labute approximate surface area is 230 Å². The van der Waals surface area contributed by atoms with Crippen molar-refractivity contribution in [2.24, 2.45) is 11.8 Å². The van der Waals surface area contributed by atoms with Crippen LogP contribution in [0.25, 0.3) is 11.3 Å². The van der Waals surface area contributed by atoms with E-state index in [4.69, 9.17) is 0 Å². The Bertz CT molecular complexity index is 1290. The Hall–Kier alpha value is -3.89. The highest BCUT2D eigenvalue weighted by Gasteiger charge is 2.32. The average molecular weight is 556 g/mol. The van der Waals surface area contributed by atoms with Crippen LogP contribution in [-0.4, -0.2) is 40.4 Å². The molecule has 2 aromatic carbocycles. The number of alkyl halides is 3. The highest BCUT2D eigenvalue weighted by molar-refractivity contribution is 5.61. The molecule has 1 N–H and O–H groups in total. The molecule has 2 fully saturated rings. The molecular formula is C29H32F3N5O3. The third-order valence-electron chi connectivity index (χ3n) is 7.84. The van der Waals surface area contributed by atoms with Gasteiger partial charge in [0.2, 0.25) is 5.95 Å². The van der Waals surface area contributed by atoms with Crippen molar-refractivity contribution in [2.75, 3.05) is 23.3 Å². The molecule has 3 atom stereocenters. The molecule has 2 aliphatic rings. The topological polar surface area (TPSA) is 93.4 Å². The standard InChI is InChI=1S/C29H32F3N5O3/c30-29(31,32)40-25-13-7-21(8-14-25)27-15-16-33-28(35-27)34-26-6-2-1-5-22(26)18-20-4-3-17-36(19-20)23-9-11-24(12-10-23)37(38)39/h7-16,20,22,26H,1-6,17-19H2,(H,33,34,35)/t20-,22+,26-/m1/s1. The predicted octanol–water partition coefficient (Wildman–Crippen LogP) is 7.23. The molecular weight excluding hydrogens is 523 g/mol. The van der Waals surface area contributed by atoms with E-state index >= 15 is 0 Å². The van der Waals surface area contributed by atoms with Crippen molar-refractivity contribution in [3.63, 3.8) is 0 Å². The van der Waals surface area contributed by atoms with Crippen molar-refractivity contribution in [1.82, 2.24) is 9.97 Å². The Morgan fingerprint density at radius 3 is 2.48 bits per heavy atom. The molecule has 1 saturated carbocycles. The van der Waals surface area contributed by atoms with Crippen LogP contribution in [0, 0.1) is 22.0 Å². The van der Waals surface area contributed by atoms with Gasteiger partial charge in [0.15, 0.2) is 0 Å². The van der Waals surface area contributed by atoms with E-state index in [-0.39, 0.29) is 22.4 Å². The highest BCUT2D eigenvalue weighted by atomic mass is 19.4. The fourth-order valence-corrected chi connectivity index (χ4v) is 5.97. The second-order valence-electron chi connectivity index (χ2n) is 10.6. The Kier molecular flexibility index (Phi) is 8.37. The zero-order chi connectivity index (χ0) is 28.1. The second kappa shape index (κ2) is 12.1. The van der Waals surface area contributed by atoms with Crippen molar-refractivity contribution < 1.29 is 22.8 Å². The summed E-state index contributed by atoms with van der Waals surface area (Å²) in [5, 5.41) is 14.6. The molecule has 1 aliphatic carbocycles. The fourth-order valence-electron chi connectivity index (χ4n) is 5.97. The normalized spacial score (nSPS) is 21.6. The van der Waals surface area contributed by atoms with Gasteiger partial charge in [-0.3, -0.25) is 10.1 Å². The van der Waals surface area contributed by atoms with E-state index < -0.39 is 6.36 Å². The van der Waals surface area contributed by atoms with E-state index in [1.54, 1.807) is 36.5 Å². The molecule has 11 heteroatoms. The van der Waals surface area contributed by atoms with Crippen LogP contribution in [0.5, 0.6) is 5.75 Å². The van der Waals surface area contributed by atoms with E-state index in [2.05, 4.69) is 24.9 Å². The summed E-state index contributed by atoms with van der Waals surface area (Å²) >= 11 is 0. The lowest BCUT2D eigenvalue weighted by Gasteiger charge is -2.39. The lowest BCUT2D eigenvalue weighted by Crippen LogP contribution is -2.39.